The summed E-state index contributed by atoms with van der Waals surface area (Å²) in [6, 6.07) is 14.4. The van der Waals surface area contributed by atoms with Crippen molar-refractivity contribution in [1.29, 1.82) is 0 Å². The zero-order chi connectivity index (χ0) is 16.9. The highest BCUT2D eigenvalue weighted by Crippen LogP contribution is 2.18. The van der Waals surface area contributed by atoms with E-state index >= 15 is 0 Å². The number of ether oxygens (including phenoxy) is 1. The Morgan fingerprint density at radius 2 is 1.79 bits per heavy atom. The van der Waals surface area contributed by atoms with Crippen molar-refractivity contribution < 1.29 is 18.3 Å². The Morgan fingerprint density at radius 3 is 2.38 bits per heavy atom. The second kappa shape index (κ2) is 6.91. The molecule has 0 saturated carbocycles. The average molecular weight is 329 g/mol. The molecule has 0 unspecified atom stereocenters. The van der Waals surface area contributed by atoms with E-state index in [2.05, 4.69) is 15.2 Å². The van der Waals surface area contributed by atoms with Gasteiger partial charge >= 0.3 is 6.61 Å². The van der Waals surface area contributed by atoms with Crippen LogP contribution in [0.4, 0.5) is 14.5 Å². The van der Waals surface area contributed by atoms with Gasteiger partial charge in [-0.25, -0.2) is 4.68 Å². The molecule has 0 aliphatic carbocycles. The largest absolute Gasteiger partial charge is 0.435 e. The number of anilines is 1. The van der Waals surface area contributed by atoms with Gasteiger partial charge in [0.2, 0.25) is 0 Å². The normalized spacial score (nSPS) is 10.6. The Bertz CT molecular complexity index is 801. The zero-order valence-corrected chi connectivity index (χ0v) is 12.4. The van der Waals surface area contributed by atoms with Gasteiger partial charge in [-0.3, -0.25) is 4.79 Å². The molecule has 0 fully saturated rings. The molecule has 1 N–H and O–H groups in total. The molecule has 0 saturated heterocycles. The van der Waals surface area contributed by atoms with E-state index in [1.165, 1.54) is 24.3 Å². The van der Waals surface area contributed by atoms with E-state index in [0.717, 1.165) is 5.69 Å². The molecule has 122 valence electrons. The lowest BCUT2D eigenvalue weighted by Crippen LogP contribution is -2.12. The van der Waals surface area contributed by atoms with E-state index in [1.54, 1.807) is 41.3 Å². The molecule has 1 amide bonds. The number of hydrogen-bond donors (Lipinski definition) is 1. The van der Waals surface area contributed by atoms with Gasteiger partial charge in [-0.15, -0.1) is 0 Å². The van der Waals surface area contributed by atoms with Crippen LogP contribution in [0, 0.1) is 0 Å². The topological polar surface area (TPSA) is 56.1 Å². The Kier molecular flexibility index (Phi) is 4.51. The van der Waals surface area contributed by atoms with E-state index in [4.69, 9.17) is 0 Å². The molecule has 3 aromatic rings. The van der Waals surface area contributed by atoms with Gasteiger partial charge in [-0.1, -0.05) is 0 Å². The van der Waals surface area contributed by atoms with Gasteiger partial charge in [-0.05, 0) is 54.6 Å². The van der Waals surface area contributed by atoms with E-state index in [-0.39, 0.29) is 11.7 Å². The number of hydrogen-bond acceptors (Lipinski definition) is 3. The highest BCUT2D eigenvalue weighted by Gasteiger charge is 2.08. The summed E-state index contributed by atoms with van der Waals surface area (Å²) in [4.78, 5) is 12.2. The third kappa shape index (κ3) is 3.75. The summed E-state index contributed by atoms with van der Waals surface area (Å²) in [5.74, 6) is -0.267. The molecular formula is C17H13F2N3O2. The zero-order valence-electron chi connectivity index (χ0n) is 12.4. The first kappa shape index (κ1) is 15.7. The summed E-state index contributed by atoms with van der Waals surface area (Å²) in [5, 5.41) is 6.80. The van der Waals surface area contributed by atoms with Crippen LogP contribution in [0.2, 0.25) is 0 Å². The number of benzene rings is 2. The van der Waals surface area contributed by atoms with Gasteiger partial charge in [-0.2, -0.15) is 13.9 Å². The van der Waals surface area contributed by atoms with E-state index in [9.17, 15) is 13.6 Å². The van der Waals surface area contributed by atoms with Crippen LogP contribution in [0.1, 0.15) is 10.4 Å². The van der Waals surface area contributed by atoms with Crippen molar-refractivity contribution >= 4 is 11.6 Å². The molecule has 7 heteroatoms. The molecule has 1 heterocycles. The average Bonchev–Trinajstić information content (AvgIpc) is 3.11. The fourth-order valence-electron chi connectivity index (χ4n) is 2.11. The molecule has 0 spiro atoms. The molecule has 1 aromatic heterocycles. The maximum absolute atomic E-state index is 12.2. The molecule has 0 aliphatic rings. The minimum Gasteiger partial charge on any atom is -0.435 e. The van der Waals surface area contributed by atoms with Crippen LogP contribution in [0.3, 0.4) is 0 Å². The fraction of sp³-hybridized carbons (Fsp3) is 0.0588. The lowest BCUT2D eigenvalue weighted by Gasteiger charge is -2.08. The van der Waals surface area contributed by atoms with Crippen LogP contribution in [-0.4, -0.2) is 22.3 Å². The lowest BCUT2D eigenvalue weighted by molar-refractivity contribution is -0.0498. The highest BCUT2D eigenvalue weighted by atomic mass is 19.3. The van der Waals surface area contributed by atoms with E-state index in [0.29, 0.717) is 11.3 Å². The van der Waals surface area contributed by atoms with Crippen LogP contribution >= 0.6 is 0 Å². The van der Waals surface area contributed by atoms with Gasteiger partial charge in [0.05, 0.1) is 5.69 Å². The summed E-state index contributed by atoms with van der Waals surface area (Å²) < 4.78 is 30.1. The quantitative estimate of drug-likeness (QED) is 0.776. The van der Waals surface area contributed by atoms with Crippen LogP contribution in [0.25, 0.3) is 5.69 Å². The second-order valence-electron chi connectivity index (χ2n) is 4.85. The van der Waals surface area contributed by atoms with Crippen molar-refractivity contribution in [3.63, 3.8) is 0 Å². The van der Waals surface area contributed by atoms with Crippen LogP contribution in [0.15, 0.2) is 67.0 Å². The smallest absolute Gasteiger partial charge is 0.387 e. The predicted molar refractivity (Wildman–Crippen MR) is 84.6 cm³/mol. The molecule has 0 bridgehead atoms. The molecule has 24 heavy (non-hydrogen) atoms. The van der Waals surface area contributed by atoms with Crippen molar-refractivity contribution in [2.45, 2.75) is 6.61 Å². The van der Waals surface area contributed by atoms with E-state index < -0.39 is 6.61 Å². The first-order valence-electron chi connectivity index (χ1n) is 7.08. The molecule has 0 radical (unpaired) electrons. The molecule has 3 rings (SSSR count). The van der Waals surface area contributed by atoms with Crippen molar-refractivity contribution in [3.05, 3.63) is 72.6 Å². The Balaban J connectivity index is 1.66. The fourth-order valence-corrected chi connectivity index (χ4v) is 2.11. The lowest BCUT2D eigenvalue weighted by atomic mass is 10.2. The summed E-state index contributed by atoms with van der Waals surface area (Å²) in [6.45, 7) is -2.88. The summed E-state index contributed by atoms with van der Waals surface area (Å²) in [6.07, 6.45) is 3.47. The third-order valence-electron chi connectivity index (χ3n) is 3.24. The van der Waals surface area contributed by atoms with Crippen LogP contribution in [-0.2, 0) is 0 Å². The SMILES string of the molecule is O=C(Nc1ccc(OC(F)F)cc1)c1ccc(-n2cccn2)cc1. The van der Waals surface area contributed by atoms with Crippen molar-refractivity contribution in [1.82, 2.24) is 9.78 Å². The molecular weight excluding hydrogens is 316 g/mol. The number of amides is 1. The summed E-state index contributed by atoms with van der Waals surface area (Å²) >= 11 is 0. The first-order valence-corrected chi connectivity index (χ1v) is 7.08. The number of nitrogens with one attached hydrogen (secondary N) is 1. The highest BCUT2D eigenvalue weighted by molar-refractivity contribution is 6.04. The first-order chi connectivity index (χ1) is 11.6. The number of carbonyl (C=O) groups is 1. The molecule has 5 nitrogen and oxygen atoms in total. The standard InChI is InChI=1S/C17H13F2N3O2/c18-17(19)24-15-8-4-13(5-9-15)21-16(23)12-2-6-14(7-3-12)22-11-1-10-20-22/h1-11,17H,(H,21,23). The predicted octanol–water partition coefficient (Wildman–Crippen LogP) is 3.73. The number of aromatic nitrogens is 2. The second-order valence-corrected chi connectivity index (χ2v) is 4.85. The number of alkyl halides is 2. The monoisotopic (exact) mass is 329 g/mol. The number of carbonyl (C=O) groups excluding carboxylic acids is 1. The molecule has 0 aliphatic heterocycles. The van der Waals surface area contributed by atoms with Gasteiger partial charge in [0, 0.05) is 23.6 Å². The third-order valence-corrected chi connectivity index (χ3v) is 3.24. The van der Waals surface area contributed by atoms with Gasteiger partial charge < -0.3 is 10.1 Å². The minimum absolute atomic E-state index is 0.0339. The molecule has 0 atom stereocenters. The summed E-state index contributed by atoms with van der Waals surface area (Å²) in [7, 11) is 0. The molecule has 2 aromatic carbocycles. The van der Waals surface area contributed by atoms with Crippen LogP contribution in [0.5, 0.6) is 5.75 Å². The number of rotatable bonds is 5. The Hall–Kier alpha value is -3.22. The van der Waals surface area contributed by atoms with Gasteiger partial charge in [0.1, 0.15) is 5.75 Å². The number of nitrogens with zero attached hydrogens (tertiary/aromatic N) is 2. The maximum atomic E-state index is 12.2. The van der Waals surface area contributed by atoms with E-state index in [1.807, 2.05) is 6.07 Å². The van der Waals surface area contributed by atoms with Gasteiger partial charge in [0.25, 0.3) is 5.91 Å². The minimum atomic E-state index is -2.88. The van der Waals surface area contributed by atoms with Crippen LogP contribution < -0.4 is 10.1 Å². The van der Waals surface area contributed by atoms with Crippen molar-refractivity contribution in [2.75, 3.05) is 5.32 Å². The van der Waals surface area contributed by atoms with Crippen molar-refractivity contribution in [3.8, 4) is 11.4 Å². The number of halogens is 2. The Morgan fingerprint density at radius 1 is 1.08 bits per heavy atom. The van der Waals surface area contributed by atoms with Gasteiger partial charge in [0.15, 0.2) is 0 Å². The summed E-state index contributed by atoms with van der Waals surface area (Å²) in [5.41, 5.74) is 1.79. The maximum Gasteiger partial charge on any atom is 0.387 e. The van der Waals surface area contributed by atoms with Crippen molar-refractivity contribution in [2.24, 2.45) is 0 Å². The Labute approximate surface area is 136 Å².